The van der Waals surface area contributed by atoms with Gasteiger partial charge in [0.25, 0.3) is 0 Å². The van der Waals surface area contributed by atoms with Crippen LogP contribution in [0.2, 0.25) is 10.0 Å². The zero-order valence-electron chi connectivity index (χ0n) is 14.2. The Morgan fingerprint density at radius 2 is 1.58 bits per heavy atom. The van der Waals surface area contributed by atoms with E-state index in [9.17, 15) is 0 Å². The fourth-order valence-electron chi connectivity index (χ4n) is 2.76. The maximum Gasteiger partial charge on any atom is 0.197 e. The molecule has 130 valence electrons. The van der Waals surface area contributed by atoms with Crippen LogP contribution in [0.15, 0.2) is 48.5 Å². The second-order valence-corrected chi connectivity index (χ2v) is 6.87. The first-order valence-corrected chi connectivity index (χ1v) is 8.79. The number of rotatable bonds is 3. The average molecular weight is 384 g/mol. The van der Waals surface area contributed by atoms with E-state index >= 15 is 0 Å². The van der Waals surface area contributed by atoms with Gasteiger partial charge in [-0.05, 0) is 62.4 Å². The number of anilines is 2. The molecule has 2 aromatic heterocycles. The molecule has 0 saturated carbocycles. The first-order chi connectivity index (χ1) is 12.5. The molecule has 0 saturated heterocycles. The van der Waals surface area contributed by atoms with E-state index in [1.54, 1.807) is 16.8 Å². The number of hydrogen-bond acceptors (Lipinski definition) is 4. The van der Waals surface area contributed by atoms with Gasteiger partial charge < -0.3 is 5.32 Å². The molecule has 0 radical (unpaired) electrons. The van der Waals surface area contributed by atoms with Gasteiger partial charge in [-0.15, -0.1) is 0 Å². The van der Waals surface area contributed by atoms with Gasteiger partial charge in [-0.2, -0.15) is 5.10 Å². The second-order valence-electron chi connectivity index (χ2n) is 6.00. The third kappa shape index (κ3) is 3.23. The van der Waals surface area contributed by atoms with Gasteiger partial charge in [-0.25, -0.2) is 14.6 Å². The van der Waals surface area contributed by atoms with Gasteiger partial charge in [0.1, 0.15) is 0 Å². The summed E-state index contributed by atoms with van der Waals surface area (Å²) in [6.45, 7) is 3.93. The number of halogens is 2. The molecule has 0 aliphatic heterocycles. The van der Waals surface area contributed by atoms with Crippen LogP contribution in [0, 0.1) is 13.8 Å². The molecule has 1 N–H and O–H groups in total. The minimum absolute atomic E-state index is 0.605. The summed E-state index contributed by atoms with van der Waals surface area (Å²) in [6.07, 6.45) is 0. The molecule has 4 aromatic rings. The molecule has 0 fully saturated rings. The quantitative estimate of drug-likeness (QED) is 0.508. The summed E-state index contributed by atoms with van der Waals surface area (Å²) >= 11 is 12.1. The number of benzene rings is 2. The van der Waals surface area contributed by atoms with E-state index in [0.29, 0.717) is 27.2 Å². The third-order valence-electron chi connectivity index (χ3n) is 3.93. The van der Waals surface area contributed by atoms with E-state index in [0.717, 1.165) is 22.6 Å². The standard InChI is InChI=1S/C19H15Cl2N5/c1-11-9-12(2)26(25-11)19-18(22-15-6-3-13(20)4-7-15)23-16-8-5-14(21)10-17(16)24-19/h3-10H,1-2H3,(H,22,23). The van der Waals surface area contributed by atoms with Crippen LogP contribution in [0.25, 0.3) is 16.9 Å². The molecule has 0 aliphatic rings. The van der Waals surface area contributed by atoms with E-state index in [-0.39, 0.29) is 0 Å². The summed E-state index contributed by atoms with van der Waals surface area (Å²) in [4.78, 5) is 9.49. The Balaban J connectivity index is 1.90. The zero-order valence-corrected chi connectivity index (χ0v) is 15.7. The zero-order chi connectivity index (χ0) is 18.3. The van der Waals surface area contributed by atoms with Crippen LogP contribution in [0.5, 0.6) is 0 Å². The van der Waals surface area contributed by atoms with Crippen molar-refractivity contribution in [3.63, 3.8) is 0 Å². The second kappa shape index (κ2) is 6.59. The largest absolute Gasteiger partial charge is 0.337 e. The molecule has 0 bridgehead atoms. The molecule has 0 amide bonds. The van der Waals surface area contributed by atoms with Crippen LogP contribution in [0.3, 0.4) is 0 Å². The number of nitrogens with one attached hydrogen (secondary N) is 1. The van der Waals surface area contributed by atoms with Gasteiger partial charge in [0.2, 0.25) is 0 Å². The highest BCUT2D eigenvalue weighted by Crippen LogP contribution is 2.27. The van der Waals surface area contributed by atoms with Crippen molar-refractivity contribution in [2.24, 2.45) is 0 Å². The van der Waals surface area contributed by atoms with Gasteiger partial charge in [-0.3, -0.25) is 0 Å². The first kappa shape index (κ1) is 16.8. The lowest BCUT2D eigenvalue weighted by atomic mass is 10.3. The van der Waals surface area contributed by atoms with E-state index in [1.165, 1.54) is 0 Å². The van der Waals surface area contributed by atoms with Crippen molar-refractivity contribution in [2.75, 3.05) is 5.32 Å². The number of aryl methyl sites for hydroxylation is 2. The normalized spacial score (nSPS) is 11.1. The van der Waals surface area contributed by atoms with Crippen molar-refractivity contribution in [1.82, 2.24) is 19.7 Å². The highest BCUT2D eigenvalue weighted by atomic mass is 35.5. The molecule has 26 heavy (non-hydrogen) atoms. The van der Waals surface area contributed by atoms with Crippen LogP contribution >= 0.6 is 23.2 Å². The SMILES string of the molecule is Cc1cc(C)n(-c2nc3cc(Cl)ccc3nc2Nc2ccc(Cl)cc2)n1. The van der Waals surface area contributed by atoms with Crippen LogP contribution < -0.4 is 5.32 Å². The molecule has 0 unspecified atom stereocenters. The van der Waals surface area contributed by atoms with Crippen molar-refractivity contribution in [1.29, 1.82) is 0 Å². The van der Waals surface area contributed by atoms with E-state index < -0.39 is 0 Å². The fourth-order valence-corrected chi connectivity index (χ4v) is 3.06. The maximum atomic E-state index is 6.12. The summed E-state index contributed by atoms with van der Waals surface area (Å²) in [7, 11) is 0. The molecular weight excluding hydrogens is 369 g/mol. The maximum absolute atomic E-state index is 6.12. The lowest BCUT2D eigenvalue weighted by Crippen LogP contribution is -2.08. The highest BCUT2D eigenvalue weighted by Gasteiger charge is 2.15. The summed E-state index contributed by atoms with van der Waals surface area (Å²) in [5.41, 5.74) is 4.20. The Labute approximate surface area is 160 Å². The van der Waals surface area contributed by atoms with Crippen molar-refractivity contribution >= 4 is 45.7 Å². The molecule has 4 rings (SSSR count). The summed E-state index contributed by atoms with van der Waals surface area (Å²) < 4.78 is 1.78. The van der Waals surface area contributed by atoms with Gasteiger partial charge in [0, 0.05) is 21.4 Å². The molecular formula is C19H15Cl2N5. The number of fused-ring (bicyclic) bond motifs is 1. The monoisotopic (exact) mass is 383 g/mol. The minimum Gasteiger partial charge on any atom is -0.337 e. The third-order valence-corrected chi connectivity index (χ3v) is 4.41. The van der Waals surface area contributed by atoms with Gasteiger partial charge in [0.05, 0.1) is 16.7 Å². The Morgan fingerprint density at radius 1 is 0.846 bits per heavy atom. The Morgan fingerprint density at radius 3 is 2.27 bits per heavy atom. The van der Waals surface area contributed by atoms with E-state index in [2.05, 4.69) is 10.4 Å². The van der Waals surface area contributed by atoms with Crippen molar-refractivity contribution in [3.8, 4) is 5.82 Å². The highest BCUT2D eigenvalue weighted by molar-refractivity contribution is 6.31. The molecule has 5 nitrogen and oxygen atoms in total. The molecule has 2 aromatic carbocycles. The van der Waals surface area contributed by atoms with Crippen molar-refractivity contribution in [3.05, 3.63) is 70.0 Å². The number of aromatic nitrogens is 4. The topological polar surface area (TPSA) is 55.6 Å². The Hall–Kier alpha value is -2.63. The number of hydrogen-bond donors (Lipinski definition) is 1. The smallest absolute Gasteiger partial charge is 0.197 e. The van der Waals surface area contributed by atoms with Gasteiger partial charge in [0.15, 0.2) is 11.6 Å². The van der Waals surface area contributed by atoms with Crippen LogP contribution in [0.4, 0.5) is 11.5 Å². The molecule has 0 aliphatic carbocycles. The predicted molar refractivity (Wildman–Crippen MR) is 106 cm³/mol. The van der Waals surface area contributed by atoms with E-state index in [4.69, 9.17) is 33.2 Å². The van der Waals surface area contributed by atoms with E-state index in [1.807, 2.05) is 50.2 Å². The summed E-state index contributed by atoms with van der Waals surface area (Å²) in [5.74, 6) is 1.22. The number of nitrogens with zero attached hydrogens (tertiary/aromatic N) is 4. The Bertz CT molecular complexity index is 1100. The molecule has 0 atom stereocenters. The van der Waals surface area contributed by atoms with Crippen LogP contribution in [-0.2, 0) is 0 Å². The molecule has 2 heterocycles. The predicted octanol–water partition coefficient (Wildman–Crippen LogP) is 5.48. The summed E-state index contributed by atoms with van der Waals surface area (Å²) in [6, 6.07) is 14.9. The van der Waals surface area contributed by atoms with Gasteiger partial charge >= 0.3 is 0 Å². The lowest BCUT2D eigenvalue weighted by molar-refractivity contribution is 0.808. The minimum atomic E-state index is 0.605. The average Bonchev–Trinajstić information content (AvgIpc) is 2.94. The summed E-state index contributed by atoms with van der Waals surface area (Å²) in [5, 5.41) is 9.15. The van der Waals surface area contributed by atoms with Crippen LogP contribution in [0.1, 0.15) is 11.4 Å². The van der Waals surface area contributed by atoms with Crippen molar-refractivity contribution < 1.29 is 0 Å². The molecule has 7 heteroatoms. The Kier molecular flexibility index (Phi) is 4.26. The molecule has 0 spiro atoms. The van der Waals surface area contributed by atoms with Crippen LogP contribution in [-0.4, -0.2) is 19.7 Å². The van der Waals surface area contributed by atoms with Crippen molar-refractivity contribution in [2.45, 2.75) is 13.8 Å². The fraction of sp³-hybridized carbons (Fsp3) is 0.105. The van der Waals surface area contributed by atoms with Gasteiger partial charge in [-0.1, -0.05) is 23.2 Å². The first-order valence-electron chi connectivity index (χ1n) is 8.03. The lowest BCUT2D eigenvalue weighted by Gasteiger charge is -2.13.